The molecule has 122 valence electrons. The van der Waals surface area contributed by atoms with Crippen LogP contribution in [0.2, 0.25) is 5.02 Å². The van der Waals surface area contributed by atoms with Gasteiger partial charge in [-0.1, -0.05) is 28.9 Å². The summed E-state index contributed by atoms with van der Waals surface area (Å²) in [7, 11) is 0. The van der Waals surface area contributed by atoms with Crippen LogP contribution in [0.25, 0.3) is 11.0 Å². The molecule has 1 fully saturated rings. The molecule has 1 aromatic carbocycles. The minimum Gasteiger partial charge on any atom is -0.471 e. The lowest BCUT2D eigenvalue weighted by atomic mass is 10.1. The first-order chi connectivity index (χ1) is 11.7. The SMILES string of the molecule is O=C(Cc1noc2ccccc12)N1CC(Oc2ccc(Cl)cn2)C1. The Bertz CT molecular complexity index is 872. The van der Waals surface area contributed by atoms with E-state index in [2.05, 4.69) is 10.1 Å². The smallest absolute Gasteiger partial charge is 0.229 e. The average molecular weight is 344 g/mol. The molecular weight excluding hydrogens is 330 g/mol. The highest BCUT2D eigenvalue weighted by Crippen LogP contribution is 2.21. The number of amides is 1. The van der Waals surface area contributed by atoms with Crippen molar-refractivity contribution in [2.75, 3.05) is 13.1 Å². The predicted molar refractivity (Wildman–Crippen MR) is 88.0 cm³/mol. The van der Waals surface area contributed by atoms with E-state index in [4.69, 9.17) is 20.9 Å². The van der Waals surface area contributed by atoms with Crippen LogP contribution < -0.4 is 4.74 Å². The molecule has 0 saturated carbocycles. The fraction of sp³-hybridized carbons (Fsp3) is 0.235. The second-order valence-electron chi connectivity index (χ2n) is 5.66. The number of para-hydroxylation sites is 1. The molecule has 0 N–H and O–H groups in total. The van der Waals surface area contributed by atoms with Gasteiger partial charge in [-0.25, -0.2) is 4.98 Å². The molecule has 24 heavy (non-hydrogen) atoms. The number of benzene rings is 1. The number of likely N-dealkylation sites (tertiary alicyclic amines) is 1. The Hall–Kier alpha value is -2.60. The van der Waals surface area contributed by atoms with Crippen LogP contribution in [0, 0.1) is 0 Å². The third kappa shape index (κ3) is 2.92. The number of carbonyl (C=O) groups is 1. The number of rotatable bonds is 4. The van der Waals surface area contributed by atoms with E-state index in [1.165, 1.54) is 6.20 Å². The number of ether oxygens (including phenoxy) is 1. The fourth-order valence-electron chi connectivity index (χ4n) is 2.64. The first-order valence-corrected chi connectivity index (χ1v) is 7.96. The topological polar surface area (TPSA) is 68.5 Å². The van der Waals surface area contributed by atoms with Gasteiger partial charge in [0.05, 0.1) is 24.5 Å². The van der Waals surface area contributed by atoms with Crippen molar-refractivity contribution in [2.24, 2.45) is 0 Å². The Kier molecular flexibility index (Phi) is 3.82. The van der Waals surface area contributed by atoms with E-state index in [0.29, 0.717) is 35.3 Å². The van der Waals surface area contributed by atoms with E-state index >= 15 is 0 Å². The highest BCUT2D eigenvalue weighted by molar-refractivity contribution is 6.30. The molecule has 1 saturated heterocycles. The second-order valence-corrected chi connectivity index (χ2v) is 6.09. The van der Waals surface area contributed by atoms with Gasteiger partial charge in [0.15, 0.2) is 5.58 Å². The summed E-state index contributed by atoms with van der Waals surface area (Å²) in [5, 5.41) is 5.44. The van der Waals surface area contributed by atoms with E-state index in [-0.39, 0.29) is 18.4 Å². The van der Waals surface area contributed by atoms with Crippen LogP contribution in [0.15, 0.2) is 47.1 Å². The minimum absolute atomic E-state index is 0.0120. The van der Waals surface area contributed by atoms with Crippen molar-refractivity contribution in [3.63, 3.8) is 0 Å². The Balaban J connectivity index is 1.33. The van der Waals surface area contributed by atoms with Crippen molar-refractivity contribution in [3.05, 3.63) is 53.3 Å². The molecule has 0 radical (unpaired) electrons. The van der Waals surface area contributed by atoms with Crippen molar-refractivity contribution < 1.29 is 14.1 Å². The fourth-order valence-corrected chi connectivity index (χ4v) is 2.75. The molecule has 4 rings (SSSR count). The largest absolute Gasteiger partial charge is 0.471 e. The van der Waals surface area contributed by atoms with Gasteiger partial charge in [0, 0.05) is 17.6 Å². The Labute approximate surface area is 143 Å². The lowest BCUT2D eigenvalue weighted by Crippen LogP contribution is -2.56. The molecule has 3 aromatic rings. The molecule has 2 aromatic heterocycles. The number of hydrogen-bond donors (Lipinski definition) is 0. The zero-order valence-electron chi connectivity index (χ0n) is 12.7. The highest BCUT2D eigenvalue weighted by atomic mass is 35.5. The quantitative estimate of drug-likeness (QED) is 0.728. The van der Waals surface area contributed by atoms with Crippen molar-refractivity contribution in [1.82, 2.24) is 15.0 Å². The summed E-state index contributed by atoms with van der Waals surface area (Å²) in [5.74, 6) is 0.525. The maximum absolute atomic E-state index is 12.3. The van der Waals surface area contributed by atoms with Gasteiger partial charge in [0.25, 0.3) is 0 Å². The lowest BCUT2D eigenvalue weighted by Gasteiger charge is -2.38. The number of pyridine rings is 1. The number of halogens is 1. The summed E-state index contributed by atoms with van der Waals surface area (Å²) in [6.07, 6.45) is 1.72. The third-order valence-electron chi connectivity index (χ3n) is 3.96. The van der Waals surface area contributed by atoms with E-state index in [0.717, 1.165) is 5.39 Å². The van der Waals surface area contributed by atoms with Gasteiger partial charge in [-0.2, -0.15) is 0 Å². The summed E-state index contributed by atoms with van der Waals surface area (Å²) >= 11 is 5.79. The molecule has 7 heteroatoms. The van der Waals surface area contributed by atoms with Crippen LogP contribution in [0.1, 0.15) is 5.69 Å². The number of aromatic nitrogens is 2. The van der Waals surface area contributed by atoms with Crippen LogP contribution in [0.5, 0.6) is 5.88 Å². The first kappa shape index (κ1) is 15.0. The van der Waals surface area contributed by atoms with E-state index in [1.807, 2.05) is 24.3 Å². The van der Waals surface area contributed by atoms with Gasteiger partial charge in [-0.05, 0) is 18.2 Å². The Morgan fingerprint density at radius 3 is 2.92 bits per heavy atom. The molecule has 0 atom stereocenters. The summed E-state index contributed by atoms with van der Waals surface area (Å²) in [5.41, 5.74) is 1.36. The summed E-state index contributed by atoms with van der Waals surface area (Å²) in [4.78, 5) is 18.2. The normalized spacial score (nSPS) is 14.6. The number of carbonyl (C=O) groups excluding carboxylic acids is 1. The molecule has 0 aliphatic carbocycles. The van der Waals surface area contributed by atoms with Gasteiger partial charge in [0.1, 0.15) is 11.8 Å². The van der Waals surface area contributed by atoms with Crippen LogP contribution in [-0.2, 0) is 11.2 Å². The highest BCUT2D eigenvalue weighted by Gasteiger charge is 2.33. The van der Waals surface area contributed by atoms with Crippen LogP contribution in [0.4, 0.5) is 0 Å². The lowest BCUT2D eigenvalue weighted by molar-refractivity contribution is -0.139. The Morgan fingerprint density at radius 2 is 2.12 bits per heavy atom. The molecule has 3 heterocycles. The van der Waals surface area contributed by atoms with E-state index in [9.17, 15) is 4.79 Å². The van der Waals surface area contributed by atoms with Crippen molar-refractivity contribution in [3.8, 4) is 5.88 Å². The monoisotopic (exact) mass is 343 g/mol. The minimum atomic E-state index is -0.0447. The number of hydrogen-bond acceptors (Lipinski definition) is 5. The van der Waals surface area contributed by atoms with E-state index < -0.39 is 0 Å². The third-order valence-corrected chi connectivity index (χ3v) is 4.18. The van der Waals surface area contributed by atoms with Gasteiger partial charge in [0.2, 0.25) is 11.8 Å². The molecule has 0 spiro atoms. The number of nitrogens with zero attached hydrogens (tertiary/aromatic N) is 3. The summed E-state index contributed by atoms with van der Waals surface area (Å²) in [6, 6.07) is 11.0. The Morgan fingerprint density at radius 1 is 1.29 bits per heavy atom. The summed E-state index contributed by atoms with van der Waals surface area (Å²) in [6.45, 7) is 1.08. The van der Waals surface area contributed by atoms with Crippen molar-refractivity contribution in [2.45, 2.75) is 12.5 Å². The molecule has 0 unspecified atom stereocenters. The van der Waals surface area contributed by atoms with Gasteiger partial charge < -0.3 is 14.2 Å². The standard InChI is InChI=1S/C17H14ClN3O3/c18-11-5-6-16(19-8-11)23-12-9-21(10-12)17(22)7-14-13-3-1-2-4-15(13)24-20-14/h1-6,8,12H,7,9-10H2. The molecular formula is C17H14ClN3O3. The van der Waals surface area contributed by atoms with Crippen LogP contribution in [-0.4, -0.2) is 40.1 Å². The van der Waals surface area contributed by atoms with Gasteiger partial charge in [-0.15, -0.1) is 0 Å². The maximum Gasteiger partial charge on any atom is 0.229 e. The average Bonchev–Trinajstić information content (AvgIpc) is 2.95. The number of fused-ring (bicyclic) bond motifs is 1. The zero-order valence-corrected chi connectivity index (χ0v) is 13.4. The van der Waals surface area contributed by atoms with Crippen LogP contribution >= 0.6 is 11.6 Å². The van der Waals surface area contributed by atoms with Crippen molar-refractivity contribution >= 4 is 28.5 Å². The molecule has 1 amide bonds. The van der Waals surface area contributed by atoms with Crippen LogP contribution in [0.3, 0.4) is 0 Å². The molecule has 1 aliphatic rings. The van der Waals surface area contributed by atoms with E-state index in [1.54, 1.807) is 17.0 Å². The molecule has 1 aliphatic heterocycles. The first-order valence-electron chi connectivity index (χ1n) is 7.58. The van der Waals surface area contributed by atoms with Crippen molar-refractivity contribution in [1.29, 1.82) is 0 Å². The maximum atomic E-state index is 12.3. The van der Waals surface area contributed by atoms with Gasteiger partial charge >= 0.3 is 0 Å². The second kappa shape index (κ2) is 6.13. The molecule has 6 nitrogen and oxygen atoms in total. The van der Waals surface area contributed by atoms with Gasteiger partial charge in [-0.3, -0.25) is 4.79 Å². The summed E-state index contributed by atoms with van der Waals surface area (Å²) < 4.78 is 10.9. The zero-order chi connectivity index (χ0) is 16.5. The predicted octanol–water partition coefficient (Wildman–Crippen LogP) is 2.71. The molecule has 0 bridgehead atoms.